The summed E-state index contributed by atoms with van der Waals surface area (Å²) in [5.41, 5.74) is 0.864. The van der Waals surface area contributed by atoms with Gasteiger partial charge in [0.05, 0.1) is 20.3 Å². The van der Waals surface area contributed by atoms with E-state index in [2.05, 4.69) is 15.7 Å². The highest BCUT2D eigenvalue weighted by Crippen LogP contribution is 2.29. The fourth-order valence-corrected chi connectivity index (χ4v) is 2.38. The summed E-state index contributed by atoms with van der Waals surface area (Å²) in [5, 5.41) is 9.88. The van der Waals surface area contributed by atoms with E-state index in [1.54, 1.807) is 20.4 Å². The van der Waals surface area contributed by atoms with Crippen molar-refractivity contribution < 1.29 is 14.3 Å². The predicted molar refractivity (Wildman–Crippen MR) is 98.6 cm³/mol. The Morgan fingerprint density at radius 1 is 1.32 bits per heavy atom. The number of aryl methyl sites for hydroxylation is 1. The molecule has 0 saturated heterocycles. The Kier molecular flexibility index (Phi) is 8.63. The molecule has 0 aliphatic rings. The van der Waals surface area contributed by atoms with E-state index in [0.717, 1.165) is 24.3 Å². The predicted octanol–water partition coefficient (Wildman–Crippen LogP) is 2.77. The zero-order valence-corrected chi connectivity index (χ0v) is 15.5. The third kappa shape index (κ3) is 6.19. The van der Waals surface area contributed by atoms with Gasteiger partial charge in [0.25, 0.3) is 0 Å². The van der Waals surface area contributed by atoms with Crippen molar-refractivity contribution >= 4 is 18.4 Å². The van der Waals surface area contributed by atoms with Crippen molar-refractivity contribution in [3.8, 4) is 11.5 Å². The van der Waals surface area contributed by atoms with E-state index >= 15 is 0 Å². The molecule has 2 N–H and O–H groups in total. The van der Waals surface area contributed by atoms with Crippen molar-refractivity contribution in [1.82, 2.24) is 20.4 Å². The molecule has 25 heavy (non-hydrogen) atoms. The maximum atomic E-state index is 12.0. The Hall–Kier alpha value is -2.41. The average Bonchev–Trinajstić information content (AvgIpc) is 3.11. The number of ether oxygens (including phenoxy) is 2. The number of nitrogens with one attached hydrogen (secondary N) is 2. The molecule has 8 heteroatoms. The normalized spacial score (nSPS) is 11.2. The quantitative estimate of drug-likeness (QED) is 0.702. The first-order valence-corrected chi connectivity index (χ1v) is 7.87. The van der Waals surface area contributed by atoms with Gasteiger partial charge >= 0.3 is 6.03 Å². The Morgan fingerprint density at radius 3 is 2.76 bits per heavy atom. The van der Waals surface area contributed by atoms with Crippen LogP contribution in [0.1, 0.15) is 24.9 Å². The number of aromatic nitrogens is 2. The molecule has 0 aliphatic heterocycles. The molecule has 2 aromatic rings. The molecule has 0 radical (unpaired) electrons. The van der Waals surface area contributed by atoms with E-state index in [1.165, 1.54) is 0 Å². The van der Waals surface area contributed by atoms with E-state index in [4.69, 9.17) is 9.47 Å². The molecule has 1 aromatic carbocycles. The lowest BCUT2D eigenvalue weighted by atomic mass is 10.1. The van der Waals surface area contributed by atoms with Gasteiger partial charge in [-0.1, -0.05) is 0 Å². The zero-order valence-electron chi connectivity index (χ0n) is 14.7. The lowest BCUT2D eigenvalue weighted by Gasteiger charge is -2.18. The fourth-order valence-electron chi connectivity index (χ4n) is 2.38. The van der Waals surface area contributed by atoms with Gasteiger partial charge in [0.15, 0.2) is 0 Å². The monoisotopic (exact) mass is 368 g/mol. The lowest BCUT2D eigenvalue weighted by Crippen LogP contribution is -2.37. The lowest BCUT2D eigenvalue weighted by molar-refractivity contribution is 0.237. The molecule has 0 bridgehead atoms. The molecule has 138 valence electrons. The second kappa shape index (κ2) is 10.5. The molecule has 1 atom stereocenters. The van der Waals surface area contributed by atoms with E-state index in [-0.39, 0.29) is 24.5 Å². The minimum absolute atomic E-state index is 0. The van der Waals surface area contributed by atoms with Gasteiger partial charge in [0.1, 0.15) is 11.5 Å². The van der Waals surface area contributed by atoms with Gasteiger partial charge in [-0.2, -0.15) is 5.10 Å². The molecule has 0 fully saturated rings. The number of carbonyl (C=O) groups excluding carboxylic acids is 1. The van der Waals surface area contributed by atoms with Gasteiger partial charge in [0, 0.05) is 31.0 Å². The summed E-state index contributed by atoms with van der Waals surface area (Å²) < 4.78 is 12.4. The van der Waals surface area contributed by atoms with Crippen LogP contribution in [-0.4, -0.2) is 36.6 Å². The number of hydrogen-bond donors (Lipinski definition) is 2. The summed E-state index contributed by atoms with van der Waals surface area (Å²) in [6, 6.07) is 6.97. The Balaban J connectivity index is 0.00000312. The maximum absolute atomic E-state index is 12.0. The Labute approximate surface area is 154 Å². The topological polar surface area (TPSA) is 77.4 Å². The third-order valence-corrected chi connectivity index (χ3v) is 3.66. The van der Waals surface area contributed by atoms with Crippen LogP contribution >= 0.6 is 12.4 Å². The van der Waals surface area contributed by atoms with E-state index in [1.807, 2.05) is 42.1 Å². The van der Waals surface area contributed by atoms with Gasteiger partial charge in [0.2, 0.25) is 0 Å². The largest absolute Gasteiger partial charge is 0.497 e. The number of halogens is 1. The van der Waals surface area contributed by atoms with Crippen LogP contribution in [0, 0.1) is 0 Å². The molecule has 2 amide bonds. The summed E-state index contributed by atoms with van der Waals surface area (Å²) in [7, 11) is 3.21. The second-order valence-corrected chi connectivity index (χ2v) is 5.35. The molecule has 7 nitrogen and oxygen atoms in total. The summed E-state index contributed by atoms with van der Waals surface area (Å²) in [4.78, 5) is 12.0. The first-order chi connectivity index (χ1) is 11.6. The number of hydrogen-bond acceptors (Lipinski definition) is 4. The number of nitrogens with zero attached hydrogens (tertiary/aromatic N) is 2. The van der Waals surface area contributed by atoms with Crippen LogP contribution in [0.25, 0.3) is 0 Å². The van der Waals surface area contributed by atoms with E-state index < -0.39 is 0 Å². The van der Waals surface area contributed by atoms with Crippen molar-refractivity contribution in [2.75, 3.05) is 20.8 Å². The molecule has 0 aliphatic carbocycles. The first-order valence-electron chi connectivity index (χ1n) is 7.87. The molecule has 1 aromatic heterocycles. The molecule has 1 heterocycles. The van der Waals surface area contributed by atoms with E-state index in [0.29, 0.717) is 12.3 Å². The van der Waals surface area contributed by atoms with Crippen molar-refractivity contribution in [2.45, 2.75) is 25.9 Å². The van der Waals surface area contributed by atoms with Crippen LogP contribution in [0.2, 0.25) is 0 Å². The molecule has 2 rings (SSSR count). The number of benzene rings is 1. The van der Waals surface area contributed by atoms with Gasteiger partial charge in [-0.15, -0.1) is 12.4 Å². The van der Waals surface area contributed by atoms with Gasteiger partial charge in [-0.3, -0.25) is 4.68 Å². The highest BCUT2D eigenvalue weighted by atomic mass is 35.5. The number of amides is 2. The van der Waals surface area contributed by atoms with Crippen molar-refractivity contribution in [3.63, 3.8) is 0 Å². The van der Waals surface area contributed by atoms with Crippen molar-refractivity contribution in [2.24, 2.45) is 0 Å². The smallest absolute Gasteiger partial charge is 0.315 e. The van der Waals surface area contributed by atoms with Crippen LogP contribution in [0.4, 0.5) is 4.79 Å². The van der Waals surface area contributed by atoms with Crippen molar-refractivity contribution in [3.05, 3.63) is 42.2 Å². The van der Waals surface area contributed by atoms with Crippen LogP contribution in [-0.2, 0) is 6.54 Å². The van der Waals surface area contributed by atoms with Crippen LogP contribution < -0.4 is 20.1 Å². The first kappa shape index (κ1) is 20.6. The minimum Gasteiger partial charge on any atom is -0.497 e. The Morgan fingerprint density at radius 2 is 2.12 bits per heavy atom. The average molecular weight is 369 g/mol. The Bertz CT molecular complexity index is 649. The van der Waals surface area contributed by atoms with Crippen LogP contribution in [0.5, 0.6) is 11.5 Å². The van der Waals surface area contributed by atoms with Crippen LogP contribution in [0.3, 0.4) is 0 Å². The second-order valence-electron chi connectivity index (χ2n) is 5.35. The summed E-state index contributed by atoms with van der Waals surface area (Å²) in [6.07, 6.45) is 4.45. The minimum atomic E-state index is -0.215. The molecule has 1 unspecified atom stereocenters. The number of rotatable bonds is 8. The third-order valence-electron chi connectivity index (χ3n) is 3.66. The highest BCUT2D eigenvalue weighted by Gasteiger charge is 2.15. The highest BCUT2D eigenvalue weighted by molar-refractivity contribution is 5.85. The van der Waals surface area contributed by atoms with Gasteiger partial charge < -0.3 is 20.1 Å². The fraction of sp³-hybridized carbons (Fsp3) is 0.412. The number of carbonyl (C=O) groups is 1. The van der Waals surface area contributed by atoms with Gasteiger partial charge in [-0.25, -0.2) is 4.79 Å². The van der Waals surface area contributed by atoms with Crippen LogP contribution in [0.15, 0.2) is 36.7 Å². The molecule has 0 spiro atoms. The molecular formula is C17H25ClN4O3. The standard InChI is InChI=1S/C17H24N4O3.ClH/c1-13(15-12-14(23-2)6-7-16(15)24-3)20-17(22)18-8-4-10-21-11-5-9-19-21;/h5-7,9,11-13H,4,8,10H2,1-3H3,(H2,18,20,22);1H. The zero-order chi connectivity index (χ0) is 17.4. The number of urea groups is 1. The summed E-state index contributed by atoms with van der Waals surface area (Å²) in [6.45, 7) is 3.25. The maximum Gasteiger partial charge on any atom is 0.315 e. The van der Waals surface area contributed by atoms with Gasteiger partial charge in [-0.05, 0) is 37.6 Å². The SMILES string of the molecule is COc1ccc(OC)c(C(C)NC(=O)NCCCn2cccn2)c1.Cl. The summed E-state index contributed by atoms with van der Waals surface area (Å²) >= 11 is 0. The number of methoxy groups -OCH3 is 2. The van der Waals surface area contributed by atoms with E-state index in [9.17, 15) is 4.79 Å². The molecular weight excluding hydrogens is 344 g/mol. The van der Waals surface area contributed by atoms with Crippen molar-refractivity contribution in [1.29, 1.82) is 0 Å². The molecule has 0 saturated carbocycles. The summed E-state index contributed by atoms with van der Waals surface area (Å²) in [5.74, 6) is 1.43.